The van der Waals surface area contributed by atoms with Crippen molar-refractivity contribution >= 4 is 33.2 Å². The zero-order chi connectivity index (χ0) is 14.8. The molecule has 6 nitrogen and oxygen atoms in total. The molecular weight excluding hydrogens is 304 g/mol. The Hall–Kier alpha value is -1.47. The minimum Gasteiger partial charge on any atom is -0.476 e. The van der Waals surface area contributed by atoms with Crippen LogP contribution < -0.4 is 14.8 Å². The number of nitrogens with zero attached hydrogens (tertiary/aromatic N) is 1. The number of ether oxygens (including phenoxy) is 1. The number of anilines is 1. The van der Waals surface area contributed by atoms with Gasteiger partial charge in [0.15, 0.2) is 6.10 Å². The highest BCUT2D eigenvalue weighted by Gasteiger charge is 2.35. The first-order valence-electron chi connectivity index (χ1n) is 6.07. The molecule has 2 N–H and O–H groups in total. The van der Waals surface area contributed by atoms with Crippen LogP contribution in [0.3, 0.4) is 0 Å². The highest BCUT2D eigenvalue weighted by Crippen LogP contribution is 2.35. The van der Waals surface area contributed by atoms with Crippen LogP contribution in [-0.2, 0) is 14.8 Å². The van der Waals surface area contributed by atoms with Crippen molar-refractivity contribution in [3.8, 4) is 5.75 Å². The van der Waals surface area contributed by atoms with E-state index in [4.69, 9.17) is 22.1 Å². The first-order valence-corrected chi connectivity index (χ1v) is 8.21. The molecule has 0 bridgehead atoms. The summed E-state index contributed by atoms with van der Waals surface area (Å²) in [6.07, 6.45) is -0.652. The van der Waals surface area contributed by atoms with E-state index >= 15 is 0 Å². The number of amides is 1. The van der Waals surface area contributed by atoms with Crippen LogP contribution in [0.5, 0.6) is 5.75 Å². The van der Waals surface area contributed by atoms with Crippen molar-refractivity contribution in [1.82, 2.24) is 0 Å². The van der Waals surface area contributed by atoms with Gasteiger partial charge in [-0.15, -0.1) is 11.6 Å². The van der Waals surface area contributed by atoms with E-state index in [0.29, 0.717) is 17.9 Å². The van der Waals surface area contributed by atoms with Gasteiger partial charge < -0.3 is 10.5 Å². The van der Waals surface area contributed by atoms with Crippen LogP contribution in [0.15, 0.2) is 24.3 Å². The molecule has 1 amide bonds. The van der Waals surface area contributed by atoms with Gasteiger partial charge in [-0.3, -0.25) is 9.10 Å². The van der Waals surface area contributed by atoms with Crippen molar-refractivity contribution in [2.24, 2.45) is 5.73 Å². The predicted octanol–water partition coefficient (Wildman–Crippen LogP) is 0.698. The summed E-state index contributed by atoms with van der Waals surface area (Å²) >= 11 is 5.54. The van der Waals surface area contributed by atoms with Crippen molar-refractivity contribution in [1.29, 1.82) is 0 Å². The van der Waals surface area contributed by atoms with Crippen molar-refractivity contribution in [3.63, 3.8) is 0 Å². The Labute approximate surface area is 122 Å². The number of hydrogen-bond acceptors (Lipinski definition) is 4. The summed E-state index contributed by atoms with van der Waals surface area (Å²) < 4.78 is 31.3. The van der Waals surface area contributed by atoms with Crippen LogP contribution in [0.4, 0.5) is 5.69 Å². The number of benzene rings is 1. The molecule has 0 aromatic heterocycles. The summed E-state index contributed by atoms with van der Waals surface area (Å²) in [5, 5.41) is 0. The maximum absolute atomic E-state index is 12.3. The molecule has 1 aliphatic heterocycles. The third-order valence-electron chi connectivity index (χ3n) is 2.92. The summed E-state index contributed by atoms with van der Waals surface area (Å²) in [7, 11) is -3.56. The molecule has 1 aliphatic rings. The highest BCUT2D eigenvalue weighted by atomic mass is 35.5. The maximum Gasteiger partial charge on any atom is 0.260 e. The standard InChI is InChI=1S/C12H15ClN2O4S/c13-6-3-7-20(17,18)15-8-11(12(14)16)19-10-5-2-1-4-9(10)15/h1-2,4-5,11H,3,6-8H2,(H2,14,16). The zero-order valence-corrected chi connectivity index (χ0v) is 12.2. The minimum atomic E-state index is -3.56. The van der Waals surface area contributed by atoms with Crippen LogP contribution >= 0.6 is 11.6 Å². The summed E-state index contributed by atoms with van der Waals surface area (Å²) in [6.45, 7) is -0.114. The number of sulfonamides is 1. The third-order valence-corrected chi connectivity index (χ3v) is 5.01. The lowest BCUT2D eigenvalue weighted by Crippen LogP contribution is -2.49. The van der Waals surface area contributed by atoms with Gasteiger partial charge in [-0.05, 0) is 18.6 Å². The number of alkyl halides is 1. The van der Waals surface area contributed by atoms with Gasteiger partial charge in [0, 0.05) is 5.88 Å². The number of carbonyl (C=O) groups excluding carboxylic acids is 1. The Bertz CT molecular complexity index is 605. The van der Waals surface area contributed by atoms with Gasteiger partial charge in [0.05, 0.1) is 18.0 Å². The van der Waals surface area contributed by atoms with Crippen LogP contribution in [0.2, 0.25) is 0 Å². The molecule has 0 saturated carbocycles. The maximum atomic E-state index is 12.3. The van der Waals surface area contributed by atoms with Crippen molar-refractivity contribution in [2.75, 3.05) is 22.5 Å². The number of para-hydroxylation sites is 2. The molecule has 0 saturated heterocycles. The first kappa shape index (κ1) is 14.9. The summed E-state index contributed by atoms with van der Waals surface area (Å²) in [4.78, 5) is 11.3. The normalized spacial score (nSPS) is 18.2. The minimum absolute atomic E-state index is 0.0870. The molecule has 110 valence electrons. The van der Waals surface area contributed by atoms with Gasteiger partial charge >= 0.3 is 0 Å². The Balaban J connectivity index is 2.38. The Morgan fingerprint density at radius 1 is 1.45 bits per heavy atom. The lowest BCUT2D eigenvalue weighted by molar-refractivity contribution is -0.124. The van der Waals surface area contributed by atoms with Gasteiger partial charge in [0.25, 0.3) is 5.91 Å². The van der Waals surface area contributed by atoms with E-state index in [1.54, 1.807) is 24.3 Å². The lowest BCUT2D eigenvalue weighted by atomic mass is 10.2. The smallest absolute Gasteiger partial charge is 0.260 e. The SMILES string of the molecule is NC(=O)C1CN(S(=O)(=O)CCCCl)c2ccccc2O1. The molecule has 1 heterocycles. The van der Waals surface area contributed by atoms with E-state index in [-0.39, 0.29) is 18.2 Å². The number of fused-ring (bicyclic) bond motifs is 1. The predicted molar refractivity (Wildman–Crippen MR) is 76.5 cm³/mol. The molecule has 0 radical (unpaired) electrons. The van der Waals surface area contributed by atoms with Gasteiger partial charge in [-0.1, -0.05) is 12.1 Å². The Kier molecular flexibility index (Phi) is 4.39. The van der Waals surface area contributed by atoms with E-state index in [1.807, 2.05) is 0 Å². The fraction of sp³-hybridized carbons (Fsp3) is 0.417. The summed E-state index contributed by atoms with van der Waals surface area (Å²) in [5.41, 5.74) is 5.64. The molecule has 1 atom stereocenters. The van der Waals surface area contributed by atoms with E-state index in [0.717, 1.165) is 0 Å². The molecular formula is C12H15ClN2O4S. The second-order valence-corrected chi connectivity index (χ2v) is 6.76. The summed E-state index contributed by atoms with van der Waals surface area (Å²) in [6, 6.07) is 6.64. The van der Waals surface area contributed by atoms with Crippen LogP contribution in [0.25, 0.3) is 0 Å². The average Bonchev–Trinajstić information content (AvgIpc) is 2.43. The molecule has 20 heavy (non-hydrogen) atoms. The molecule has 8 heteroatoms. The van der Waals surface area contributed by atoms with Crippen molar-refractivity contribution < 1.29 is 17.9 Å². The molecule has 1 aromatic rings. The van der Waals surface area contributed by atoms with Gasteiger partial charge in [-0.25, -0.2) is 8.42 Å². The van der Waals surface area contributed by atoms with Crippen molar-refractivity contribution in [2.45, 2.75) is 12.5 Å². The number of rotatable bonds is 5. The quantitative estimate of drug-likeness (QED) is 0.809. The van der Waals surface area contributed by atoms with Gasteiger partial charge in [0.1, 0.15) is 5.75 Å². The van der Waals surface area contributed by atoms with Crippen LogP contribution in [-0.4, -0.2) is 38.6 Å². The number of primary amides is 1. The fourth-order valence-electron chi connectivity index (χ4n) is 1.96. The summed E-state index contributed by atoms with van der Waals surface area (Å²) in [5.74, 6) is -0.199. The first-order chi connectivity index (χ1) is 9.45. The molecule has 0 fully saturated rings. The topological polar surface area (TPSA) is 89.7 Å². The monoisotopic (exact) mass is 318 g/mol. The number of carbonyl (C=O) groups is 1. The average molecular weight is 319 g/mol. The Morgan fingerprint density at radius 3 is 2.80 bits per heavy atom. The van der Waals surface area contributed by atoms with Gasteiger partial charge in [-0.2, -0.15) is 0 Å². The zero-order valence-electron chi connectivity index (χ0n) is 10.7. The molecule has 2 rings (SSSR count). The largest absolute Gasteiger partial charge is 0.476 e. The lowest BCUT2D eigenvalue weighted by Gasteiger charge is -2.34. The van der Waals surface area contributed by atoms with Crippen LogP contribution in [0, 0.1) is 0 Å². The second-order valence-electron chi connectivity index (χ2n) is 4.37. The van der Waals surface area contributed by atoms with Gasteiger partial charge in [0.2, 0.25) is 10.0 Å². The van der Waals surface area contributed by atoms with E-state index in [9.17, 15) is 13.2 Å². The fourth-order valence-corrected chi connectivity index (χ4v) is 3.80. The molecule has 0 aliphatic carbocycles. The molecule has 1 unspecified atom stereocenters. The molecule has 1 aromatic carbocycles. The van der Waals surface area contributed by atoms with E-state index in [1.165, 1.54) is 4.31 Å². The van der Waals surface area contributed by atoms with E-state index < -0.39 is 22.0 Å². The van der Waals surface area contributed by atoms with Crippen LogP contribution in [0.1, 0.15) is 6.42 Å². The third kappa shape index (κ3) is 2.99. The van der Waals surface area contributed by atoms with E-state index in [2.05, 4.69) is 0 Å². The highest BCUT2D eigenvalue weighted by molar-refractivity contribution is 7.92. The number of halogens is 1. The second kappa shape index (κ2) is 5.88. The number of nitrogens with two attached hydrogens (primary N) is 1. The van der Waals surface area contributed by atoms with Crippen molar-refractivity contribution in [3.05, 3.63) is 24.3 Å². The molecule has 0 spiro atoms. The Morgan fingerprint density at radius 2 is 2.15 bits per heavy atom. The number of hydrogen-bond donors (Lipinski definition) is 1.